The number of unbranched alkanes of at least 4 members (excludes halogenated alkanes) is 3. The van der Waals surface area contributed by atoms with Crippen molar-refractivity contribution in [2.75, 3.05) is 6.61 Å². The molecule has 1 nitrogen and oxygen atoms in total. The van der Waals surface area contributed by atoms with Gasteiger partial charge in [0.15, 0.2) is 0 Å². The molecule has 0 aromatic heterocycles. The van der Waals surface area contributed by atoms with Gasteiger partial charge in [-0.1, -0.05) is 63.4 Å². The van der Waals surface area contributed by atoms with Gasteiger partial charge < -0.3 is 4.74 Å². The van der Waals surface area contributed by atoms with Crippen LogP contribution in [0.2, 0.25) is 0 Å². The molecule has 1 unspecified atom stereocenters. The van der Waals surface area contributed by atoms with Crippen LogP contribution < -0.4 is 4.74 Å². The molecule has 0 saturated heterocycles. The predicted octanol–water partition coefficient (Wildman–Crippen LogP) is 6.44. The summed E-state index contributed by atoms with van der Waals surface area (Å²) >= 11 is 0. The summed E-state index contributed by atoms with van der Waals surface area (Å²) in [5.74, 6) is 1.82. The van der Waals surface area contributed by atoms with Crippen LogP contribution in [-0.4, -0.2) is 6.61 Å². The number of aryl methyl sites for hydroxylation is 1. The van der Waals surface area contributed by atoms with E-state index in [1.165, 1.54) is 49.7 Å². The number of rotatable bonds is 7. The highest BCUT2D eigenvalue weighted by Crippen LogP contribution is 2.30. The zero-order chi connectivity index (χ0) is 16.8. The molecule has 2 aromatic rings. The Labute approximate surface area is 147 Å². The lowest BCUT2D eigenvalue weighted by Gasteiger charge is -2.22. The van der Waals surface area contributed by atoms with Crippen LogP contribution >= 0.6 is 0 Å². The van der Waals surface area contributed by atoms with E-state index in [4.69, 9.17) is 4.74 Å². The van der Waals surface area contributed by atoms with Crippen molar-refractivity contribution in [3.8, 4) is 16.9 Å². The lowest BCUT2D eigenvalue weighted by molar-refractivity contribution is 0.305. The fourth-order valence-electron chi connectivity index (χ4n) is 3.58. The number of fused-ring (bicyclic) bond motifs is 1. The Morgan fingerprint density at radius 1 is 0.917 bits per heavy atom. The lowest BCUT2D eigenvalue weighted by atomic mass is 9.83. The first-order chi connectivity index (χ1) is 11.8. The fraction of sp³-hybridized carbons (Fsp3) is 0.478. The molecule has 3 rings (SSSR count). The maximum atomic E-state index is 5.85. The summed E-state index contributed by atoms with van der Waals surface area (Å²) in [6.45, 7) is 5.43. The Morgan fingerprint density at radius 3 is 2.50 bits per heavy atom. The molecule has 128 valence electrons. The molecule has 0 bridgehead atoms. The molecule has 0 saturated carbocycles. The molecule has 1 heteroatoms. The molecule has 0 fully saturated rings. The van der Waals surface area contributed by atoms with E-state index in [2.05, 4.69) is 56.3 Å². The molecule has 0 radical (unpaired) electrons. The fourth-order valence-corrected chi connectivity index (χ4v) is 3.58. The maximum Gasteiger partial charge on any atom is 0.119 e. The maximum absolute atomic E-state index is 5.85. The lowest BCUT2D eigenvalue weighted by Crippen LogP contribution is -2.11. The molecule has 0 N–H and O–H groups in total. The summed E-state index contributed by atoms with van der Waals surface area (Å²) in [6, 6.07) is 15.6. The van der Waals surface area contributed by atoms with E-state index >= 15 is 0 Å². The minimum absolute atomic E-state index is 0.830. The van der Waals surface area contributed by atoms with E-state index in [9.17, 15) is 0 Å². The summed E-state index contributed by atoms with van der Waals surface area (Å²) in [4.78, 5) is 0. The van der Waals surface area contributed by atoms with Crippen LogP contribution in [-0.2, 0) is 12.8 Å². The Bertz CT molecular complexity index is 642. The third-order valence-electron chi connectivity index (χ3n) is 5.14. The highest BCUT2D eigenvalue weighted by atomic mass is 16.5. The van der Waals surface area contributed by atoms with Crippen LogP contribution in [0.15, 0.2) is 42.5 Å². The number of benzene rings is 2. The summed E-state index contributed by atoms with van der Waals surface area (Å²) in [5.41, 5.74) is 5.71. The van der Waals surface area contributed by atoms with E-state index in [0.29, 0.717) is 0 Å². The Hall–Kier alpha value is -1.76. The van der Waals surface area contributed by atoms with Gasteiger partial charge in [0.05, 0.1) is 6.61 Å². The smallest absolute Gasteiger partial charge is 0.119 e. The highest BCUT2D eigenvalue weighted by molar-refractivity contribution is 5.65. The van der Waals surface area contributed by atoms with Crippen LogP contribution in [0.25, 0.3) is 11.1 Å². The van der Waals surface area contributed by atoms with Gasteiger partial charge in [-0.15, -0.1) is 0 Å². The Balaban J connectivity index is 1.61. The van der Waals surface area contributed by atoms with Crippen molar-refractivity contribution in [1.82, 2.24) is 0 Å². The Morgan fingerprint density at radius 2 is 1.71 bits per heavy atom. The first-order valence-electron chi connectivity index (χ1n) is 9.61. The van der Waals surface area contributed by atoms with E-state index in [-0.39, 0.29) is 0 Å². The van der Waals surface area contributed by atoms with Crippen LogP contribution in [0.1, 0.15) is 57.1 Å². The quantitative estimate of drug-likeness (QED) is 0.533. The number of ether oxygens (including phenoxy) is 1. The average molecular weight is 322 g/mol. The second kappa shape index (κ2) is 8.37. The van der Waals surface area contributed by atoms with Crippen molar-refractivity contribution >= 4 is 0 Å². The number of hydrogen-bond donors (Lipinski definition) is 0. The number of hydrogen-bond acceptors (Lipinski definition) is 1. The van der Waals surface area contributed by atoms with Crippen LogP contribution in [0.3, 0.4) is 0 Å². The van der Waals surface area contributed by atoms with Crippen molar-refractivity contribution in [2.45, 2.75) is 58.8 Å². The normalized spacial score (nSPS) is 16.7. The summed E-state index contributed by atoms with van der Waals surface area (Å²) < 4.78 is 5.85. The molecule has 1 aliphatic carbocycles. The zero-order valence-electron chi connectivity index (χ0n) is 15.2. The van der Waals surface area contributed by atoms with E-state index in [1.54, 1.807) is 11.1 Å². The van der Waals surface area contributed by atoms with E-state index in [0.717, 1.165) is 24.7 Å². The largest absolute Gasteiger partial charge is 0.494 e. The molecular weight excluding hydrogens is 292 g/mol. The van der Waals surface area contributed by atoms with E-state index < -0.39 is 0 Å². The minimum Gasteiger partial charge on any atom is -0.494 e. The van der Waals surface area contributed by atoms with Crippen molar-refractivity contribution in [3.63, 3.8) is 0 Å². The van der Waals surface area contributed by atoms with Crippen molar-refractivity contribution < 1.29 is 4.74 Å². The van der Waals surface area contributed by atoms with Gasteiger partial charge in [0.25, 0.3) is 0 Å². The average Bonchev–Trinajstić information content (AvgIpc) is 2.62. The standard InChI is InChI=1S/C23H30O/c1-3-4-5-6-15-24-23-13-11-19(12-14-23)21-10-9-20-16-18(2)7-8-22(20)17-21/h9-14,17-18H,3-8,15-16H2,1-2H3. The first kappa shape index (κ1) is 17.1. The molecule has 0 heterocycles. The third-order valence-corrected chi connectivity index (χ3v) is 5.14. The SMILES string of the molecule is CCCCCCOc1ccc(-c2ccc3c(c2)CCC(C)C3)cc1. The van der Waals surface area contributed by atoms with Gasteiger partial charge in [-0.25, -0.2) is 0 Å². The summed E-state index contributed by atoms with van der Waals surface area (Å²) in [5, 5.41) is 0. The topological polar surface area (TPSA) is 9.23 Å². The summed E-state index contributed by atoms with van der Waals surface area (Å²) in [6.07, 6.45) is 8.78. The molecule has 0 amide bonds. The van der Waals surface area contributed by atoms with Gasteiger partial charge in [-0.05, 0) is 66.0 Å². The predicted molar refractivity (Wildman–Crippen MR) is 103 cm³/mol. The molecule has 0 spiro atoms. The monoisotopic (exact) mass is 322 g/mol. The van der Waals surface area contributed by atoms with E-state index in [1.807, 2.05) is 0 Å². The van der Waals surface area contributed by atoms with Gasteiger partial charge in [0, 0.05) is 0 Å². The highest BCUT2D eigenvalue weighted by Gasteiger charge is 2.15. The van der Waals surface area contributed by atoms with Gasteiger partial charge in [-0.3, -0.25) is 0 Å². The molecular formula is C23H30O. The zero-order valence-corrected chi connectivity index (χ0v) is 15.2. The molecule has 24 heavy (non-hydrogen) atoms. The van der Waals surface area contributed by atoms with Crippen molar-refractivity contribution in [3.05, 3.63) is 53.6 Å². The second-order valence-electron chi connectivity index (χ2n) is 7.26. The molecule has 0 aliphatic heterocycles. The minimum atomic E-state index is 0.830. The van der Waals surface area contributed by atoms with Crippen molar-refractivity contribution in [1.29, 1.82) is 0 Å². The van der Waals surface area contributed by atoms with Gasteiger partial charge in [0.1, 0.15) is 5.75 Å². The van der Waals surface area contributed by atoms with Crippen LogP contribution in [0, 0.1) is 5.92 Å². The molecule has 1 aliphatic rings. The van der Waals surface area contributed by atoms with Crippen LogP contribution in [0.5, 0.6) is 5.75 Å². The molecule has 1 atom stereocenters. The van der Waals surface area contributed by atoms with Gasteiger partial charge in [-0.2, -0.15) is 0 Å². The van der Waals surface area contributed by atoms with Crippen LogP contribution in [0.4, 0.5) is 0 Å². The van der Waals surface area contributed by atoms with Gasteiger partial charge in [0.2, 0.25) is 0 Å². The second-order valence-corrected chi connectivity index (χ2v) is 7.26. The van der Waals surface area contributed by atoms with Gasteiger partial charge >= 0.3 is 0 Å². The molecule has 2 aromatic carbocycles. The third kappa shape index (κ3) is 4.41. The first-order valence-corrected chi connectivity index (χ1v) is 9.61. The van der Waals surface area contributed by atoms with Crippen molar-refractivity contribution in [2.24, 2.45) is 5.92 Å². The Kier molecular flexibility index (Phi) is 5.96. The summed E-state index contributed by atoms with van der Waals surface area (Å²) in [7, 11) is 0.